The molecule has 0 saturated heterocycles. The van der Waals surface area contributed by atoms with Crippen molar-refractivity contribution in [3.05, 3.63) is 66.5 Å². The molecule has 0 aliphatic heterocycles. The maximum atomic E-state index is 12.3. The van der Waals surface area contributed by atoms with Gasteiger partial charge in [-0.3, -0.25) is 4.79 Å². The number of hydrogen-bond acceptors (Lipinski definition) is 8. The molecule has 4 aromatic rings. The van der Waals surface area contributed by atoms with Crippen LogP contribution in [-0.2, 0) is 11.8 Å². The van der Waals surface area contributed by atoms with Crippen LogP contribution in [0.1, 0.15) is 30.9 Å². The van der Waals surface area contributed by atoms with Gasteiger partial charge in [0, 0.05) is 56.6 Å². The molecule has 42 heavy (non-hydrogen) atoms. The van der Waals surface area contributed by atoms with Crippen molar-refractivity contribution in [2.75, 3.05) is 56.9 Å². The van der Waals surface area contributed by atoms with Gasteiger partial charge in [0.25, 0.3) is 0 Å². The predicted molar refractivity (Wildman–Crippen MR) is 170 cm³/mol. The Kier molecular flexibility index (Phi) is 9.13. The number of nitrogens with one attached hydrogen (secondary N) is 2. The first-order valence-electron chi connectivity index (χ1n) is 13.7. The molecule has 4 rings (SSSR count). The lowest BCUT2D eigenvalue weighted by atomic mass is 9.98. The third kappa shape index (κ3) is 6.37. The van der Waals surface area contributed by atoms with Gasteiger partial charge in [0.1, 0.15) is 11.8 Å². The minimum absolute atomic E-state index is 0.297. The van der Waals surface area contributed by atoms with Crippen molar-refractivity contribution in [2.24, 2.45) is 7.05 Å². The first-order chi connectivity index (χ1) is 20.1. The highest BCUT2D eigenvalue weighted by molar-refractivity contribution is 6.02. The molecule has 2 heterocycles. The second-order valence-electron chi connectivity index (χ2n) is 10.8. The second kappa shape index (κ2) is 12.7. The Morgan fingerprint density at radius 3 is 2.60 bits per heavy atom. The number of ether oxygens (including phenoxy) is 1. The summed E-state index contributed by atoms with van der Waals surface area (Å²) < 4.78 is 7.74. The predicted octanol–water partition coefficient (Wildman–Crippen LogP) is 5.50. The van der Waals surface area contributed by atoms with Crippen molar-refractivity contribution in [1.82, 2.24) is 19.4 Å². The molecule has 10 nitrogen and oxygen atoms in total. The average molecular weight is 567 g/mol. The molecular weight excluding hydrogens is 528 g/mol. The van der Waals surface area contributed by atoms with E-state index in [4.69, 9.17) is 9.72 Å². The van der Waals surface area contributed by atoms with Gasteiger partial charge in [-0.05, 0) is 55.9 Å². The number of anilines is 4. The molecule has 0 aliphatic carbocycles. The van der Waals surface area contributed by atoms with E-state index in [0.717, 1.165) is 35.2 Å². The lowest BCUT2D eigenvalue weighted by Gasteiger charge is -2.26. The van der Waals surface area contributed by atoms with Crippen molar-refractivity contribution in [1.29, 1.82) is 5.26 Å². The van der Waals surface area contributed by atoms with E-state index in [9.17, 15) is 10.1 Å². The smallest absolute Gasteiger partial charge is 0.247 e. The van der Waals surface area contributed by atoms with Crippen LogP contribution in [0, 0.1) is 11.3 Å². The van der Waals surface area contributed by atoms with Gasteiger partial charge >= 0.3 is 0 Å². The third-order valence-corrected chi connectivity index (χ3v) is 7.10. The molecule has 0 saturated carbocycles. The second-order valence-corrected chi connectivity index (χ2v) is 10.8. The Morgan fingerprint density at radius 1 is 1.19 bits per heavy atom. The summed E-state index contributed by atoms with van der Waals surface area (Å²) in [4.78, 5) is 25.7. The topological polar surface area (TPSA) is 111 Å². The number of methoxy groups -OCH3 is 1. The summed E-state index contributed by atoms with van der Waals surface area (Å²) >= 11 is 0. The van der Waals surface area contributed by atoms with Gasteiger partial charge in [-0.25, -0.2) is 9.97 Å². The van der Waals surface area contributed by atoms with E-state index in [1.807, 2.05) is 51.0 Å². The van der Waals surface area contributed by atoms with Gasteiger partial charge in [-0.15, -0.1) is 0 Å². The van der Waals surface area contributed by atoms with E-state index >= 15 is 0 Å². The summed E-state index contributed by atoms with van der Waals surface area (Å²) in [5.74, 6) is 0.880. The Hall–Kier alpha value is -4.88. The number of hydrogen-bond donors (Lipinski definition) is 2. The summed E-state index contributed by atoms with van der Waals surface area (Å²) in [6, 6.07) is 11.8. The summed E-state index contributed by atoms with van der Waals surface area (Å²) in [7, 11) is 9.54. The van der Waals surface area contributed by atoms with E-state index in [0.29, 0.717) is 40.2 Å². The van der Waals surface area contributed by atoms with Gasteiger partial charge in [0.05, 0.1) is 40.9 Å². The van der Waals surface area contributed by atoms with E-state index in [-0.39, 0.29) is 5.91 Å². The number of carbonyl (C=O) groups excluding carboxylic acids is 1. The van der Waals surface area contributed by atoms with Crippen LogP contribution in [0.3, 0.4) is 0 Å². The van der Waals surface area contributed by atoms with Crippen LogP contribution in [-0.4, -0.2) is 66.7 Å². The fourth-order valence-corrected chi connectivity index (χ4v) is 4.88. The van der Waals surface area contributed by atoms with E-state index in [1.54, 1.807) is 19.4 Å². The van der Waals surface area contributed by atoms with Gasteiger partial charge in [-0.2, -0.15) is 5.26 Å². The number of fused-ring (bicyclic) bond motifs is 1. The van der Waals surface area contributed by atoms with E-state index in [2.05, 4.69) is 64.2 Å². The molecule has 0 aliphatic rings. The molecule has 2 aromatic carbocycles. The number of rotatable bonds is 11. The molecule has 0 unspecified atom stereocenters. The molecule has 218 valence electrons. The first-order valence-corrected chi connectivity index (χ1v) is 13.7. The van der Waals surface area contributed by atoms with Crippen molar-refractivity contribution < 1.29 is 9.53 Å². The monoisotopic (exact) mass is 566 g/mol. The summed E-state index contributed by atoms with van der Waals surface area (Å²) in [6.45, 7) is 9.44. The molecule has 0 bridgehead atoms. The van der Waals surface area contributed by atoms with Crippen LogP contribution in [0.5, 0.6) is 5.75 Å². The van der Waals surface area contributed by atoms with Crippen LogP contribution in [0.15, 0.2) is 55.4 Å². The highest BCUT2D eigenvalue weighted by Gasteiger charge is 2.18. The van der Waals surface area contributed by atoms with Crippen LogP contribution in [0.25, 0.3) is 22.2 Å². The molecule has 1 amide bonds. The van der Waals surface area contributed by atoms with Crippen LogP contribution < -0.4 is 20.3 Å². The fourth-order valence-electron chi connectivity index (χ4n) is 4.88. The number of aryl methyl sites for hydroxylation is 1. The zero-order valence-electron chi connectivity index (χ0n) is 25.3. The minimum Gasteiger partial charge on any atom is -0.494 e. The molecule has 0 atom stereocenters. The molecule has 10 heteroatoms. The van der Waals surface area contributed by atoms with Gasteiger partial charge in [0.15, 0.2) is 0 Å². The Bertz CT molecular complexity index is 1670. The van der Waals surface area contributed by atoms with Crippen molar-refractivity contribution in [3.63, 3.8) is 0 Å². The Balaban J connectivity index is 1.75. The van der Waals surface area contributed by atoms with Gasteiger partial charge < -0.3 is 29.7 Å². The third-order valence-electron chi connectivity index (χ3n) is 7.10. The molecule has 0 spiro atoms. The normalized spacial score (nSPS) is 11.0. The maximum absolute atomic E-state index is 12.3. The van der Waals surface area contributed by atoms with Crippen LogP contribution in [0.2, 0.25) is 0 Å². The van der Waals surface area contributed by atoms with Crippen LogP contribution >= 0.6 is 0 Å². The number of nitriles is 1. The molecular formula is C32H38N8O2. The largest absolute Gasteiger partial charge is 0.494 e. The lowest BCUT2D eigenvalue weighted by Crippen LogP contribution is -2.29. The zero-order valence-corrected chi connectivity index (χ0v) is 25.3. The van der Waals surface area contributed by atoms with Crippen molar-refractivity contribution >= 4 is 39.8 Å². The minimum atomic E-state index is -0.322. The fraction of sp³-hybridized carbons (Fsp3) is 0.312. The number of aromatic nitrogens is 3. The summed E-state index contributed by atoms with van der Waals surface area (Å²) in [6.07, 6.45) is 4.99. The van der Waals surface area contributed by atoms with Crippen molar-refractivity contribution in [2.45, 2.75) is 19.8 Å². The Morgan fingerprint density at radius 2 is 1.95 bits per heavy atom. The van der Waals surface area contributed by atoms with Gasteiger partial charge in [-0.1, -0.05) is 20.4 Å². The number of nitrogens with zero attached hydrogens (tertiary/aromatic N) is 6. The highest BCUT2D eigenvalue weighted by Crippen LogP contribution is 2.38. The molecule has 2 aromatic heterocycles. The number of carbonyl (C=O) groups is 1. The number of amides is 1. The number of benzene rings is 2. The SMILES string of the molecule is C=CC(=O)Nc1cc(Nc2nccc(-c3cc(C#N)c4c(c3)c(C(C)C)cn4C)n2)c(OC)cc1N(C)CCN(C)C. The van der Waals surface area contributed by atoms with Gasteiger partial charge in [0.2, 0.25) is 11.9 Å². The first kappa shape index (κ1) is 30.1. The van der Waals surface area contributed by atoms with Crippen LogP contribution in [0.4, 0.5) is 23.0 Å². The maximum Gasteiger partial charge on any atom is 0.247 e. The lowest BCUT2D eigenvalue weighted by molar-refractivity contribution is -0.111. The molecule has 0 fully saturated rings. The van der Waals surface area contributed by atoms with E-state index in [1.165, 1.54) is 11.6 Å². The highest BCUT2D eigenvalue weighted by atomic mass is 16.5. The standard InChI is InChI=1S/C32H38N8O2/c1-9-30(41)35-26-16-27(29(42-8)17-28(26)39(6)13-12-38(4)5)37-32-34-11-10-25(36-32)21-14-22(18-33)31-23(15-21)24(20(2)3)19-40(31)7/h9-11,14-17,19-20H,1,12-13H2,2-8H3,(H,35,41)(H,34,36,37). The van der Waals surface area contributed by atoms with Crippen molar-refractivity contribution in [3.8, 4) is 23.1 Å². The Labute approximate surface area is 247 Å². The van der Waals surface area contributed by atoms with E-state index < -0.39 is 0 Å². The zero-order chi connectivity index (χ0) is 30.6. The number of likely N-dealkylation sites (N-methyl/N-ethyl adjacent to an activating group) is 2. The average Bonchev–Trinajstić information content (AvgIpc) is 3.32. The molecule has 2 N–H and O–H groups in total. The molecule has 0 radical (unpaired) electrons. The quantitative estimate of drug-likeness (QED) is 0.229. The summed E-state index contributed by atoms with van der Waals surface area (Å²) in [5.41, 5.74) is 6.13. The summed E-state index contributed by atoms with van der Waals surface area (Å²) in [5, 5.41) is 17.2.